The van der Waals surface area contributed by atoms with Crippen molar-refractivity contribution >= 4 is 23.2 Å². The molecule has 0 heterocycles. The molecule has 100 valence electrons. The fraction of sp³-hybridized carbons (Fsp3) is 0.462. The van der Waals surface area contributed by atoms with Gasteiger partial charge >= 0.3 is 0 Å². The molecule has 0 unspecified atom stereocenters. The van der Waals surface area contributed by atoms with E-state index in [1.165, 1.54) is 18.2 Å². The lowest BCUT2D eigenvalue weighted by Crippen LogP contribution is -2.37. The second kappa shape index (κ2) is 6.16. The zero-order valence-electron chi connectivity index (χ0n) is 10.8. The summed E-state index contributed by atoms with van der Waals surface area (Å²) in [5.74, 6) is -0.626. The Morgan fingerprint density at radius 1 is 1.39 bits per heavy atom. The number of carbonyl (C=O) groups excluding carboxylic acids is 1. The van der Waals surface area contributed by atoms with Crippen molar-refractivity contribution in [3.05, 3.63) is 29.0 Å². The summed E-state index contributed by atoms with van der Waals surface area (Å²) >= 11 is 5.62. The minimum Gasteiger partial charge on any atom is -0.326 e. The highest BCUT2D eigenvalue weighted by Gasteiger charge is 2.10. The molecule has 0 aromatic heterocycles. The molecule has 2 N–H and O–H groups in total. The van der Waals surface area contributed by atoms with Crippen LogP contribution in [0, 0.1) is 5.82 Å². The Kier molecular flexibility index (Phi) is 5.11. The van der Waals surface area contributed by atoms with E-state index in [0.29, 0.717) is 18.7 Å². The molecule has 18 heavy (non-hydrogen) atoms. The summed E-state index contributed by atoms with van der Waals surface area (Å²) in [5, 5.41) is 5.88. The number of nitrogens with one attached hydrogen (secondary N) is 2. The SMILES string of the molecule is CC(C)(C)NCCC(=O)Nc1ccc(F)c(Cl)c1. The molecular weight excluding hydrogens is 255 g/mol. The highest BCUT2D eigenvalue weighted by atomic mass is 35.5. The summed E-state index contributed by atoms with van der Waals surface area (Å²) in [4.78, 5) is 11.6. The van der Waals surface area contributed by atoms with Crippen molar-refractivity contribution in [2.75, 3.05) is 11.9 Å². The van der Waals surface area contributed by atoms with Crippen LogP contribution in [0.4, 0.5) is 10.1 Å². The van der Waals surface area contributed by atoms with E-state index >= 15 is 0 Å². The molecule has 0 saturated heterocycles. The van der Waals surface area contributed by atoms with Crippen LogP contribution in [-0.4, -0.2) is 18.0 Å². The first kappa shape index (κ1) is 14.9. The molecule has 0 aliphatic carbocycles. The van der Waals surface area contributed by atoms with Crippen LogP contribution in [0.15, 0.2) is 18.2 Å². The monoisotopic (exact) mass is 272 g/mol. The Hall–Kier alpha value is -1.13. The first-order chi connectivity index (χ1) is 8.28. The van der Waals surface area contributed by atoms with Gasteiger partial charge in [0, 0.05) is 24.2 Å². The van der Waals surface area contributed by atoms with Crippen molar-refractivity contribution in [1.82, 2.24) is 5.32 Å². The minimum absolute atomic E-state index is 0.000571. The zero-order valence-corrected chi connectivity index (χ0v) is 11.6. The van der Waals surface area contributed by atoms with E-state index in [1.807, 2.05) is 20.8 Å². The number of anilines is 1. The van der Waals surface area contributed by atoms with E-state index < -0.39 is 5.82 Å². The predicted molar refractivity (Wildman–Crippen MR) is 72.4 cm³/mol. The minimum atomic E-state index is -0.496. The molecule has 0 radical (unpaired) electrons. The lowest BCUT2D eigenvalue weighted by atomic mass is 10.1. The Morgan fingerprint density at radius 3 is 2.61 bits per heavy atom. The fourth-order valence-corrected chi connectivity index (χ4v) is 1.53. The van der Waals surface area contributed by atoms with Gasteiger partial charge in [0.25, 0.3) is 0 Å². The highest BCUT2D eigenvalue weighted by Crippen LogP contribution is 2.19. The molecule has 0 aliphatic heterocycles. The van der Waals surface area contributed by atoms with Gasteiger partial charge in [0.1, 0.15) is 5.82 Å². The second-order valence-electron chi connectivity index (χ2n) is 5.10. The van der Waals surface area contributed by atoms with E-state index in [0.717, 1.165) is 0 Å². The third-order valence-corrected chi connectivity index (χ3v) is 2.50. The van der Waals surface area contributed by atoms with Gasteiger partial charge in [-0.25, -0.2) is 4.39 Å². The molecule has 0 atom stereocenters. The van der Waals surface area contributed by atoms with Crippen molar-refractivity contribution in [2.45, 2.75) is 32.7 Å². The number of benzene rings is 1. The predicted octanol–water partition coefficient (Wildman–Crippen LogP) is 3.20. The van der Waals surface area contributed by atoms with Gasteiger partial charge in [0.2, 0.25) is 5.91 Å². The van der Waals surface area contributed by atoms with Crippen LogP contribution in [0.3, 0.4) is 0 Å². The van der Waals surface area contributed by atoms with E-state index in [9.17, 15) is 9.18 Å². The van der Waals surface area contributed by atoms with Crippen molar-refractivity contribution in [2.24, 2.45) is 0 Å². The van der Waals surface area contributed by atoms with Crippen LogP contribution in [0.1, 0.15) is 27.2 Å². The van der Waals surface area contributed by atoms with Gasteiger partial charge in [-0.15, -0.1) is 0 Å². The average Bonchev–Trinajstić information content (AvgIpc) is 2.21. The lowest BCUT2D eigenvalue weighted by molar-refractivity contribution is -0.116. The summed E-state index contributed by atoms with van der Waals surface area (Å²) in [7, 11) is 0. The number of halogens is 2. The standard InChI is InChI=1S/C13H18ClFN2O/c1-13(2,3)16-7-6-12(18)17-9-4-5-11(15)10(14)8-9/h4-5,8,16H,6-7H2,1-3H3,(H,17,18). The van der Waals surface area contributed by atoms with Gasteiger partial charge in [-0.3, -0.25) is 4.79 Å². The number of hydrogen-bond acceptors (Lipinski definition) is 2. The van der Waals surface area contributed by atoms with Gasteiger partial charge in [-0.05, 0) is 39.0 Å². The van der Waals surface area contributed by atoms with Crippen LogP contribution in [0.5, 0.6) is 0 Å². The van der Waals surface area contributed by atoms with E-state index in [-0.39, 0.29) is 16.5 Å². The smallest absolute Gasteiger partial charge is 0.225 e. The first-order valence-corrected chi connectivity index (χ1v) is 6.16. The van der Waals surface area contributed by atoms with Crippen LogP contribution >= 0.6 is 11.6 Å². The van der Waals surface area contributed by atoms with Crippen LogP contribution in [0.25, 0.3) is 0 Å². The summed E-state index contributed by atoms with van der Waals surface area (Å²) in [6.45, 7) is 6.68. The highest BCUT2D eigenvalue weighted by molar-refractivity contribution is 6.31. The van der Waals surface area contributed by atoms with E-state index in [1.54, 1.807) is 0 Å². The maximum Gasteiger partial charge on any atom is 0.225 e. The van der Waals surface area contributed by atoms with Gasteiger partial charge in [-0.1, -0.05) is 11.6 Å². The normalized spacial score (nSPS) is 11.4. The van der Waals surface area contributed by atoms with Crippen LogP contribution in [0.2, 0.25) is 5.02 Å². The number of hydrogen-bond donors (Lipinski definition) is 2. The number of carbonyl (C=O) groups is 1. The van der Waals surface area contributed by atoms with E-state index in [4.69, 9.17) is 11.6 Å². The molecule has 5 heteroatoms. The lowest BCUT2D eigenvalue weighted by Gasteiger charge is -2.20. The second-order valence-corrected chi connectivity index (χ2v) is 5.51. The van der Waals surface area contributed by atoms with E-state index in [2.05, 4.69) is 10.6 Å². The first-order valence-electron chi connectivity index (χ1n) is 5.78. The molecule has 0 bridgehead atoms. The summed E-state index contributed by atoms with van der Waals surface area (Å²) in [6.07, 6.45) is 0.353. The third kappa shape index (κ3) is 5.47. The van der Waals surface area contributed by atoms with Crippen molar-refractivity contribution < 1.29 is 9.18 Å². The Morgan fingerprint density at radius 2 is 2.06 bits per heavy atom. The van der Waals surface area contributed by atoms with Crippen LogP contribution < -0.4 is 10.6 Å². The molecule has 1 aromatic carbocycles. The summed E-state index contributed by atoms with van der Waals surface area (Å²) in [5.41, 5.74) is 0.488. The maximum absolute atomic E-state index is 12.9. The molecule has 0 spiro atoms. The molecule has 0 aliphatic rings. The molecule has 1 aromatic rings. The largest absolute Gasteiger partial charge is 0.326 e. The Bertz CT molecular complexity index is 429. The van der Waals surface area contributed by atoms with Gasteiger partial charge in [-0.2, -0.15) is 0 Å². The van der Waals surface area contributed by atoms with Gasteiger partial charge < -0.3 is 10.6 Å². The topological polar surface area (TPSA) is 41.1 Å². The average molecular weight is 273 g/mol. The fourth-order valence-electron chi connectivity index (χ4n) is 1.35. The van der Waals surface area contributed by atoms with Gasteiger partial charge in [0.05, 0.1) is 5.02 Å². The third-order valence-electron chi connectivity index (χ3n) is 2.21. The number of rotatable bonds is 4. The molecule has 0 fully saturated rings. The van der Waals surface area contributed by atoms with Crippen molar-refractivity contribution in [1.29, 1.82) is 0 Å². The quantitative estimate of drug-likeness (QED) is 0.884. The maximum atomic E-state index is 12.9. The molecule has 0 saturated carbocycles. The summed E-state index contributed by atoms with van der Waals surface area (Å²) < 4.78 is 12.9. The van der Waals surface area contributed by atoms with Crippen molar-refractivity contribution in [3.8, 4) is 0 Å². The Labute approximate surface area is 112 Å². The molecule has 3 nitrogen and oxygen atoms in total. The van der Waals surface area contributed by atoms with Crippen LogP contribution in [-0.2, 0) is 4.79 Å². The van der Waals surface area contributed by atoms with Crippen molar-refractivity contribution in [3.63, 3.8) is 0 Å². The molecular formula is C13H18ClFN2O. The number of amides is 1. The Balaban J connectivity index is 2.42. The molecule has 1 amide bonds. The summed E-state index contributed by atoms with van der Waals surface area (Å²) in [6, 6.07) is 4.10. The zero-order chi connectivity index (χ0) is 13.8. The van der Waals surface area contributed by atoms with Gasteiger partial charge in [0.15, 0.2) is 0 Å². The molecule has 1 rings (SSSR count).